The number of methoxy groups -OCH3 is 1. The quantitative estimate of drug-likeness (QED) is 0.634. The molecule has 2 N–H and O–H groups in total. The lowest BCUT2D eigenvalue weighted by atomic mass is 9.95. The van der Waals surface area contributed by atoms with Crippen molar-refractivity contribution >= 4 is 0 Å². The van der Waals surface area contributed by atoms with Crippen molar-refractivity contribution in [2.24, 2.45) is 0 Å². The van der Waals surface area contributed by atoms with Crippen molar-refractivity contribution in [1.29, 1.82) is 0 Å². The minimum absolute atomic E-state index is 0.0190. The van der Waals surface area contributed by atoms with Crippen LogP contribution in [0.15, 0.2) is 36.4 Å². The first kappa shape index (κ1) is 17.9. The highest BCUT2D eigenvalue weighted by molar-refractivity contribution is 5.80. The molecule has 0 fully saturated rings. The second-order valence-electron chi connectivity index (χ2n) is 5.97. The van der Waals surface area contributed by atoms with Crippen molar-refractivity contribution < 1.29 is 14.9 Å². The van der Waals surface area contributed by atoms with Crippen molar-refractivity contribution in [3.63, 3.8) is 0 Å². The lowest BCUT2D eigenvalue weighted by Gasteiger charge is -2.13. The van der Waals surface area contributed by atoms with E-state index in [2.05, 4.69) is 22.4 Å². The fraction of sp³-hybridized carbons (Fsp3) is 0.316. The van der Waals surface area contributed by atoms with Crippen LogP contribution < -0.4 is 0 Å². The predicted octanol–water partition coefficient (Wildman–Crippen LogP) is 3.02. The number of benzene rings is 2. The maximum absolute atomic E-state index is 10.4. The second kappa shape index (κ2) is 7.97. The first-order valence-corrected chi connectivity index (χ1v) is 8.55. The third-order valence-corrected chi connectivity index (χ3v) is 4.29. The number of aryl methyl sites for hydroxylation is 2. The number of ether oxygens (including phenoxy) is 1. The van der Waals surface area contributed by atoms with Gasteiger partial charge in [-0.05, 0) is 40.5 Å². The Morgan fingerprint density at radius 3 is 2.58 bits per heavy atom. The summed E-state index contributed by atoms with van der Waals surface area (Å²) in [6, 6.07) is 10.9. The summed E-state index contributed by atoms with van der Waals surface area (Å²) in [5, 5.41) is 32.5. The van der Waals surface area contributed by atoms with Crippen molar-refractivity contribution in [3.8, 4) is 34.0 Å². The zero-order valence-corrected chi connectivity index (χ0v) is 14.9. The van der Waals surface area contributed by atoms with E-state index in [-0.39, 0.29) is 11.5 Å². The molecule has 1 aromatic heterocycles. The Labute approximate surface area is 151 Å². The molecule has 0 amide bonds. The number of hydrogen-bond acceptors (Lipinski definition) is 6. The number of tetrazole rings is 1. The maximum Gasteiger partial charge on any atom is 0.185 e. The van der Waals surface area contributed by atoms with Crippen LogP contribution in [0.1, 0.15) is 18.9 Å². The van der Waals surface area contributed by atoms with E-state index < -0.39 is 0 Å². The summed E-state index contributed by atoms with van der Waals surface area (Å²) in [5.41, 5.74) is 3.15. The summed E-state index contributed by atoms with van der Waals surface area (Å²) >= 11 is 0. The Morgan fingerprint density at radius 2 is 1.81 bits per heavy atom. The molecule has 3 rings (SSSR count). The third kappa shape index (κ3) is 3.52. The van der Waals surface area contributed by atoms with E-state index in [0.29, 0.717) is 30.1 Å². The van der Waals surface area contributed by atoms with Gasteiger partial charge in [0.2, 0.25) is 0 Å². The van der Waals surface area contributed by atoms with Gasteiger partial charge in [-0.25, -0.2) is 4.68 Å². The van der Waals surface area contributed by atoms with Crippen molar-refractivity contribution in [1.82, 2.24) is 20.2 Å². The minimum Gasteiger partial charge on any atom is -0.507 e. The SMILES string of the molecule is CCc1ccccc1-c1cc(-c2nnnn2CCCOC)c(O)cc1O. The molecular weight excluding hydrogens is 332 g/mol. The molecule has 3 aromatic rings. The molecule has 0 aliphatic carbocycles. The van der Waals surface area contributed by atoms with Gasteiger partial charge in [-0.3, -0.25) is 0 Å². The highest BCUT2D eigenvalue weighted by Crippen LogP contribution is 2.40. The highest BCUT2D eigenvalue weighted by atomic mass is 16.5. The molecule has 0 saturated heterocycles. The number of aromatic nitrogens is 4. The third-order valence-electron chi connectivity index (χ3n) is 4.29. The molecule has 0 bridgehead atoms. The van der Waals surface area contributed by atoms with Gasteiger partial charge < -0.3 is 14.9 Å². The van der Waals surface area contributed by atoms with Crippen LogP contribution in [-0.2, 0) is 17.7 Å². The maximum atomic E-state index is 10.4. The van der Waals surface area contributed by atoms with E-state index in [1.165, 1.54) is 6.07 Å². The van der Waals surface area contributed by atoms with Crippen LogP contribution in [0, 0.1) is 0 Å². The summed E-state index contributed by atoms with van der Waals surface area (Å²) in [5.74, 6) is 0.405. The molecule has 0 aliphatic rings. The van der Waals surface area contributed by atoms with Gasteiger partial charge in [0.1, 0.15) is 11.5 Å². The summed E-state index contributed by atoms with van der Waals surface area (Å²) in [6.45, 7) is 3.22. The van der Waals surface area contributed by atoms with Crippen molar-refractivity contribution in [2.75, 3.05) is 13.7 Å². The Bertz CT molecular complexity index is 892. The molecule has 0 saturated carbocycles. The molecule has 0 aliphatic heterocycles. The second-order valence-corrected chi connectivity index (χ2v) is 5.97. The first-order valence-electron chi connectivity index (χ1n) is 8.55. The molecule has 26 heavy (non-hydrogen) atoms. The number of phenolic OH excluding ortho intramolecular Hbond substituents is 2. The van der Waals surface area contributed by atoms with Gasteiger partial charge in [0.25, 0.3) is 0 Å². The van der Waals surface area contributed by atoms with E-state index in [0.717, 1.165) is 24.0 Å². The van der Waals surface area contributed by atoms with Gasteiger partial charge in [0, 0.05) is 31.9 Å². The monoisotopic (exact) mass is 354 g/mol. The first-order chi connectivity index (χ1) is 12.7. The molecule has 0 atom stereocenters. The summed E-state index contributed by atoms with van der Waals surface area (Å²) < 4.78 is 6.69. The van der Waals surface area contributed by atoms with Crippen LogP contribution in [0.3, 0.4) is 0 Å². The van der Waals surface area contributed by atoms with Gasteiger partial charge in [0.15, 0.2) is 5.82 Å². The van der Waals surface area contributed by atoms with E-state index >= 15 is 0 Å². The molecular formula is C19H22N4O3. The Morgan fingerprint density at radius 1 is 1.04 bits per heavy atom. The molecule has 0 unspecified atom stereocenters. The molecule has 1 heterocycles. The van der Waals surface area contributed by atoms with Crippen LogP contribution >= 0.6 is 0 Å². The fourth-order valence-corrected chi connectivity index (χ4v) is 2.97. The summed E-state index contributed by atoms with van der Waals surface area (Å²) in [6.07, 6.45) is 1.58. The molecule has 0 radical (unpaired) electrons. The van der Waals surface area contributed by atoms with Gasteiger partial charge in [-0.2, -0.15) is 0 Å². The minimum atomic E-state index is -0.0666. The predicted molar refractivity (Wildman–Crippen MR) is 97.9 cm³/mol. The molecule has 136 valence electrons. The standard InChI is InChI=1S/C19H22N4O3/c1-3-13-7-4-5-8-14(13)15-11-16(18(25)12-17(15)24)19-20-21-22-23(19)9-6-10-26-2/h4-5,7-8,11-12,24-25H,3,6,9-10H2,1-2H3. The largest absolute Gasteiger partial charge is 0.507 e. The zero-order chi connectivity index (χ0) is 18.5. The Balaban J connectivity index is 2.06. The van der Waals surface area contributed by atoms with Gasteiger partial charge >= 0.3 is 0 Å². The smallest absolute Gasteiger partial charge is 0.185 e. The average Bonchev–Trinajstić information content (AvgIpc) is 3.10. The van der Waals surface area contributed by atoms with Crippen LogP contribution in [0.25, 0.3) is 22.5 Å². The normalized spacial score (nSPS) is 11.0. The fourth-order valence-electron chi connectivity index (χ4n) is 2.97. The highest BCUT2D eigenvalue weighted by Gasteiger charge is 2.18. The average molecular weight is 354 g/mol. The Kier molecular flexibility index (Phi) is 5.48. The number of hydrogen-bond donors (Lipinski definition) is 2. The van der Waals surface area contributed by atoms with E-state index in [4.69, 9.17) is 4.74 Å². The number of rotatable bonds is 7. The lowest BCUT2D eigenvalue weighted by molar-refractivity contribution is 0.189. The topological polar surface area (TPSA) is 93.3 Å². The molecule has 7 heteroatoms. The summed E-state index contributed by atoms with van der Waals surface area (Å²) in [4.78, 5) is 0. The Hall–Kier alpha value is -2.93. The lowest BCUT2D eigenvalue weighted by Crippen LogP contribution is -2.05. The van der Waals surface area contributed by atoms with E-state index in [1.807, 2.05) is 24.3 Å². The van der Waals surface area contributed by atoms with Gasteiger partial charge in [0.05, 0.1) is 5.56 Å². The number of aromatic hydroxyl groups is 2. The van der Waals surface area contributed by atoms with Gasteiger partial charge in [-0.1, -0.05) is 31.2 Å². The van der Waals surface area contributed by atoms with Gasteiger partial charge in [-0.15, -0.1) is 5.10 Å². The molecule has 2 aromatic carbocycles. The zero-order valence-electron chi connectivity index (χ0n) is 14.9. The van der Waals surface area contributed by atoms with Crippen molar-refractivity contribution in [3.05, 3.63) is 42.0 Å². The number of phenols is 2. The molecule has 0 spiro atoms. The van der Waals surface area contributed by atoms with E-state index in [1.54, 1.807) is 17.9 Å². The van der Waals surface area contributed by atoms with Crippen LogP contribution in [-0.4, -0.2) is 44.1 Å². The van der Waals surface area contributed by atoms with Crippen LogP contribution in [0.4, 0.5) is 0 Å². The van der Waals surface area contributed by atoms with Crippen LogP contribution in [0.5, 0.6) is 11.5 Å². The number of nitrogens with zero attached hydrogens (tertiary/aromatic N) is 4. The van der Waals surface area contributed by atoms with Crippen molar-refractivity contribution in [2.45, 2.75) is 26.3 Å². The van der Waals surface area contributed by atoms with Crippen LogP contribution in [0.2, 0.25) is 0 Å². The summed E-state index contributed by atoms with van der Waals surface area (Å²) in [7, 11) is 1.64. The molecule has 7 nitrogen and oxygen atoms in total. The van der Waals surface area contributed by atoms with E-state index in [9.17, 15) is 10.2 Å².